The monoisotopic (exact) mass is 258 g/mol. The molecular weight excluding hydrogens is 236 g/mol. The standard InChI is InChI=1S/C16H22N2O/c1-9(2)12(5)15-14(16(17)18-19-15)13-7-6-10(3)11(4)8-13/h6-9,12H,1-5H3,(H2,17,18). The van der Waals surface area contributed by atoms with Crippen LogP contribution in [-0.2, 0) is 0 Å². The van der Waals surface area contributed by atoms with E-state index in [1.54, 1.807) is 0 Å². The average Bonchev–Trinajstić information content (AvgIpc) is 2.73. The van der Waals surface area contributed by atoms with Gasteiger partial charge in [-0.3, -0.25) is 0 Å². The molecule has 2 rings (SSSR count). The van der Waals surface area contributed by atoms with Gasteiger partial charge in [0, 0.05) is 5.92 Å². The molecule has 0 aliphatic heterocycles. The van der Waals surface area contributed by atoms with Gasteiger partial charge >= 0.3 is 0 Å². The first kappa shape index (κ1) is 13.7. The minimum absolute atomic E-state index is 0.293. The molecule has 0 fully saturated rings. The van der Waals surface area contributed by atoms with Gasteiger partial charge in [-0.25, -0.2) is 0 Å². The molecule has 3 nitrogen and oxygen atoms in total. The van der Waals surface area contributed by atoms with Gasteiger partial charge in [0.1, 0.15) is 5.76 Å². The maximum absolute atomic E-state index is 5.99. The van der Waals surface area contributed by atoms with Crippen molar-refractivity contribution in [2.75, 3.05) is 5.73 Å². The Bertz CT molecular complexity index is 584. The highest BCUT2D eigenvalue weighted by molar-refractivity contribution is 5.76. The van der Waals surface area contributed by atoms with Crippen LogP contribution in [0.2, 0.25) is 0 Å². The second kappa shape index (κ2) is 5.08. The number of hydrogen-bond acceptors (Lipinski definition) is 3. The number of hydrogen-bond donors (Lipinski definition) is 1. The molecule has 0 amide bonds. The zero-order chi connectivity index (χ0) is 14.2. The van der Waals surface area contributed by atoms with Crippen LogP contribution < -0.4 is 5.73 Å². The second-order valence-electron chi connectivity index (χ2n) is 5.64. The Balaban J connectivity index is 2.55. The van der Waals surface area contributed by atoms with Crippen LogP contribution in [0.25, 0.3) is 11.1 Å². The number of nitrogens with two attached hydrogens (primary N) is 1. The smallest absolute Gasteiger partial charge is 0.175 e. The van der Waals surface area contributed by atoms with Crippen LogP contribution in [0.15, 0.2) is 22.7 Å². The van der Waals surface area contributed by atoms with Gasteiger partial charge in [0.15, 0.2) is 5.82 Å². The van der Waals surface area contributed by atoms with Crippen molar-refractivity contribution < 1.29 is 4.52 Å². The van der Waals surface area contributed by atoms with E-state index in [-0.39, 0.29) is 0 Å². The Hall–Kier alpha value is -1.77. The van der Waals surface area contributed by atoms with Gasteiger partial charge in [-0.2, -0.15) is 0 Å². The fourth-order valence-corrected chi connectivity index (χ4v) is 2.12. The number of rotatable bonds is 3. The van der Waals surface area contributed by atoms with Crippen molar-refractivity contribution in [3.8, 4) is 11.1 Å². The molecule has 1 aromatic carbocycles. The van der Waals surface area contributed by atoms with Gasteiger partial charge in [-0.15, -0.1) is 0 Å². The quantitative estimate of drug-likeness (QED) is 0.893. The van der Waals surface area contributed by atoms with E-state index in [1.165, 1.54) is 11.1 Å². The van der Waals surface area contributed by atoms with Crippen molar-refractivity contribution in [3.63, 3.8) is 0 Å². The van der Waals surface area contributed by atoms with E-state index in [0.29, 0.717) is 17.7 Å². The van der Waals surface area contributed by atoms with E-state index in [4.69, 9.17) is 10.3 Å². The third-order valence-electron chi connectivity index (χ3n) is 3.95. The summed E-state index contributed by atoms with van der Waals surface area (Å²) in [5.41, 5.74) is 10.6. The molecule has 1 unspecified atom stereocenters. The average molecular weight is 258 g/mol. The number of benzene rings is 1. The zero-order valence-corrected chi connectivity index (χ0v) is 12.3. The summed E-state index contributed by atoms with van der Waals surface area (Å²) >= 11 is 0. The topological polar surface area (TPSA) is 52.0 Å². The lowest BCUT2D eigenvalue weighted by atomic mass is 9.90. The lowest BCUT2D eigenvalue weighted by Gasteiger charge is -2.14. The molecule has 1 aromatic heterocycles. The summed E-state index contributed by atoms with van der Waals surface area (Å²) in [7, 11) is 0. The van der Waals surface area contributed by atoms with Crippen molar-refractivity contribution in [2.24, 2.45) is 5.92 Å². The summed E-state index contributed by atoms with van der Waals surface area (Å²) in [6.45, 7) is 10.7. The summed E-state index contributed by atoms with van der Waals surface area (Å²) in [4.78, 5) is 0. The molecule has 1 heterocycles. The highest BCUT2D eigenvalue weighted by Gasteiger charge is 2.23. The molecular formula is C16H22N2O. The predicted octanol–water partition coefficient (Wildman–Crippen LogP) is 4.30. The van der Waals surface area contributed by atoms with Crippen LogP contribution in [0.4, 0.5) is 5.82 Å². The van der Waals surface area contributed by atoms with Crippen LogP contribution >= 0.6 is 0 Å². The van der Waals surface area contributed by atoms with Crippen molar-refractivity contribution in [1.29, 1.82) is 0 Å². The number of nitrogen functional groups attached to an aromatic ring is 1. The molecule has 0 radical (unpaired) electrons. The van der Waals surface area contributed by atoms with E-state index in [9.17, 15) is 0 Å². The summed E-state index contributed by atoms with van der Waals surface area (Å²) < 4.78 is 5.47. The zero-order valence-electron chi connectivity index (χ0n) is 12.3. The first-order chi connectivity index (χ1) is 8.91. The molecule has 102 valence electrons. The lowest BCUT2D eigenvalue weighted by molar-refractivity contribution is 0.341. The van der Waals surface area contributed by atoms with Gasteiger partial charge in [0.25, 0.3) is 0 Å². The van der Waals surface area contributed by atoms with E-state index in [2.05, 4.69) is 58.0 Å². The molecule has 0 aliphatic carbocycles. The summed E-state index contributed by atoms with van der Waals surface area (Å²) in [6, 6.07) is 6.34. The molecule has 3 heteroatoms. The Morgan fingerprint density at radius 3 is 2.37 bits per heavy atom. The van der Waals surface area contributed by atoms with Crippen molar-refractivity contribution in [3.05, 3.63) is 35.1 Å². The highest BCUT2D eigenvalue weighted by atomic mass is 16.5. The Labute approximate surface area is 114 Å². The summed E-state index contributed by atoms with van der Waals surface area (Å²) in [5.74, 6) is 2.14. The van der Waals surface area contributed by atoms with Crippen LogP contribution in [0.1, 0.15) is 43.6 Å². The largest absolute Gasteiger partial charge is 0.380 e. The normalized spacial score (nSPS) is 12.9. The van der Waals surface area contributed by atoms with Crippen LogP contribution in [0.3, 0.4) is 0 Å². The molecule has 0 aliphatic rings. The molecule has 1 atom stereocenters. The lowest BCUT2D eigenvalue weighted by Crippen LogP contribution is -2.02. The molecule has 0 saturated heterocycles. The van der Waals surface area contributed by atoms with Crippen LogP contribution in [0.5, 0.6) is 0 Å². The molecule has 0 saturated carbocycles. The Morgan fingerprint density at radius 1 is 1.11 bits per heavy atom. The Morgan fingerprint density at radius 2 is 1.79 bits per heavy atom. The van der Waals surface area contributed by atoms with Crippen LogP contribution in [-0.4, -0.2) is 5.16 Å². The minimum atomic E-state index is 0.293. The van der Waals surface area contributed by atoms with Crippen molar-refractivity contribution in [2.45, 2.75) is 40.5 Å². The SMILES string of the molecule is Cc1ccc(-c2c(N)noc2C(C)C(C)C)cc1C. The highest BCUT2D eigenvalue weighted by Crippen LogP contribution is 2.37. The fourth-order valence-electron chi connectivity index (χ4n) is 2.12. The predicted molar refractivity (Wildman–Crippen MR) is 79.1 cm³/mol. The van der Waals surface area contributed by atoms with E-state index >= 15 is 0 Å². The molecule has 2 aromatic rings. The van der Waals surface area contributed by atoms with Gasteiger partial charge < -0.3 is 10.3 Å². The van der Waals surface area contributed by atoms with Gasteiger partial charge in [0.2, 0.25) is 0 Å². The van der Waals surface area contributed by atoms with E-state index in [1.807, 2.05) is 0 Å². The fraction of sp³-hybridized carbons (Fsp3) is 0.438. The van der Waals surface area contributed by atoms with E-state index in [0.717, 1.165) is 16.9 Å². The van der Waals surface area contributed by atoms with Crippen molar-refractivity contribution in [1.82, 2.24) is 5.16 Å². The molecule has 0 bridgehead atoms. The third kappa shape index (κ3) is 2.50. The van der Waals surface area contributed by atoms with Gasteiger partial charge in [-0.1, -0.05) is 44.1 Å². The molecule has 19 heavy (non-hydrogen) atoms. The summed E-state index contributed by atoms with van der Waals surface area (Å²) in [6.07, 6.45) is 0. The third-order valence-corrected chi connectivity index (χ3v) is 3.95. The van der Waals surface area contributed by atoms with Gasteiger partial charge in [-0.05, 0) is 36.5 Å². The van der Waals surface area contributed by atoms with Crippen LogP contribution in [0, 0.1) is 19.8 Å². The number of anilines is 1. The van der Waals surface area contributed by atoms with Crippen molar-refractivity contribution >= 4 is 5.82 Å². The van der Waals surface area contributed by atoms with Gasteiger partial charge in [0.05, 0.1) is 5.56 Å². The number of aromatic nitrogens is 1. The first-order valence-electron chi connectivity index (χ1n) is 6.74. The maximum atomic E-state index is 5.99. The number of aryl methyl sites for hydroxylation is 2. The maximum Gasteiger partial charge on any atom is 0.175 e. The second-order valence-corrected chi connectivity index (χ2v) is 5.64. The van der Waals surface area contributed by atoms with E-state index < -0.39 is 0 Å². The minimum Gasteiger partial charge on any atom is -0.380 e. The number of nitrogens with zero attached hydrogens (tertiary/aromatic N) is 1. The summed E-state index contributed by atoms with van der Waals surface area (Å²) in [5, 5.41) is 3.95. The first-order valence-corrected chi connectivity index (χ1v) is 6.74. The molecule has 2 N–H and O–H groups in total. The molecule has 0 spiro atoms. The Kier molecular flexibility index (Phi) is 3.65.